The lowest BCUT2D eigenvalue weighted by Gasteiger charge is -2.03. The van der Waals surface area contributed by atoms with Crippen molar-refractivity contribution in [2.75, 3.05) is 5.73 Å². The maximum absolute atomic E-state index is 12.4. The van der Waals surface area contributed by atoms with Gasteiger partial charge in [-0.2, -0.15) is 23.1 Å². The number of nitrogens with two attached hydrogens (primary N) is 1. The number of rotatable bonds is 3. The van der Waals surface area contributed by atoms with E-state index >= 15 is 0 Å². The number of aryl methyl sites for hydroxylation is 1. The Hall–Kier alpha value is -2.91. The van der Waals surface area contributed by atoms with Crippen LogP contribution in [0, 0.1) is 6.92 Å². The molecule has 0 saturated carbocycles. The third kappa shape index (κ3) is 3.15. The molecule has 23 heavy (non-hydrogen) atoms. The van der Waals surface area contributed by atoms with Crippen molar-refractivity contribution in [1.82, 2.24) is 24.9 Å². The second-order valence-electron chi connectivity index (χ2n) is 4.79. The van der Waals surface area contributed by atoms with Gasteiger partial charge in [0.05, 0.1) is 6.54 Å². The zero-order valence-corrected chi connectivity index (χ0v) is 11.9. The quantitative estimate of drug-likeness (QED) is 0.794. The Morgan fingerprint density at radius 1 is 1.17 bits per heavy atom. The summed E-state index contributed by atoms with van der Waals surface area (Å²) in [5.41, 5.74) is 6.80. The maximum Gasteiger partial charge on any atom is 0.471 e. The van der Waals surface area contributed by atoms with E-state index in [2.05, 4.69) is 24.7 Å². The molecular weight excluding hydrogens is 313 g/mol. The first-order valence-corrected chi connectivity index (χ1v) is 6.50. The smallest absolute Gasteiger partial charge is 0.366 e. The number of nitrogens with zero attached hydrogens (tertiary/aromatic N) is 5. The molecule has 0 amide bonds. The van der Waals surface area contributed by atoms with Crippen LogP contribution in [0.15, 0.2) is 28.8 Å². The second-order valence-corrected chi connectivity index (χ2v) is 4.79. The third-order valence-corrected chi connectivity index (χ3v) is 3.09. The van der Waals surface area contributed by atoms with Gasteiger partial charge in [-0.3, -0.25) is 0 Å². The van der Waals surface area contributed by atoms with Crippen LogP contribution in [-0.2, 0) is 12.7 Å². The molecule has 0 saturated heterocycles. The number of nitrogen functional groups attached to an aromatic ring is 1. The summed E-state index contributed by atoms with van der Waals surface area (Å²) in [5.74, 6) is -0.638. The molecule has 0 fully saturated rings. The monoisotopic (exact) mass is 324 g/mol. The molecule has 0 radical (unpaired) electrons. The highest BCUT2D eigenvalue weighted by molar-refractivity contribution is 5.54. The van der Waals surface area contributed by atoms with Gasteiger partial charge in [0.25, 0.3) is 0 Å². The lowest BCUT2D eigenvalue weighted by atomic mass is 10.1. The highest BCUT2D eigenvalue weighted by Crippen LogP contribution is 2.29. The average molecular weight is 324 g/mol. The van der Waals surface area contributed by atoms with Crippen LogP contribution in [0.5, 0.6) is 0 Å². The molecule has 120 valence electrons. The number of hydrogen-bond acceptors (Lipinski definition) is 6. The van der Waals surface area contributed by atoms with Gasteiger partial charge in [-0.1, -0.05) is 29.4 Å². The van der Waals surface area contributed by atoms with Crippen molar-refractivity contribution in [3.63, 3.8) is 0 Å². The highest BCUT2D eigenvalue weighted by atomic mass is 19.4. The molecule has 7 nitrogen and oxygen atoms in total. The van der Waals surface area contributed by atoms with Gasteiger partial charge in [-0.05, 0) is 12.5 Å². The molecule has 0 aliphatic carbocycles. The van der Waals surface area contributed by atoms with E-state index in [1.165, 1.54) is 0 Å². The first kappa shape index (κ1) is 15.0. The van der Waals surface area contributed by atoms with Crippen molar-refractivity contribution in [2.45, 2.75) is 19.6 Å². The first-order valence-electron chi connectivity index (χ1n) is 6.50. The summed E-state index contributed by atoms with van der Waals surface area (Å²) in [7, 11) is 0. The Labute approximate surface area is 127 Å². The second kappa shape index (κ2) is 5.38. The van der Waals surface area contributed by atoms with Gasteiger partial charge in [0.1, 0.15) is 5.82 Å². The molecule has 0 spiro atoms. The zero-order chi connectivity index (χ0) is 16.6. The van der Waals surface area contributed by atoms with Crippen LogP contribution in [-0.4, -0.2) is 24.9 Å². The SMILES string of the molecule is Cc1nc(N)nn1Cc1ccc(-c2noc(C(F)(F)F)n2)cc1. The Kier molecular flexibility index (Phi) is 3.51. The fourth-order valence-corrected chi connectivity index (χ4v) is 1.98. The molecule has 0 aliphatic heterocycles. The largest absolute Gasteiger partial charge is 0.471 e. The summed E-state index contributed by atoms with van der Waals surface area (Å²) in [4.78, 5) is 7.32. The fourth-order valence-electron chi connectivity index (χ4n) is 1.98. The lowest BCUT2D eigenvalue weighted by molar-refractivity contribution is -0.159. The van der Waals surface area contributed by atoms with Crippen molar-refractivity contribution in [1.29, 1.82) is 0 Å². The molecule has 3 rings (SSSR count). The average Bonchev–Trinajstić information content (AvgIpc) is 3.07. The molecule has 10 heteroatoms. The topological polar surface area (TPSA) is 95.7 Å². The van der Waals surface area contributed by atoms with Gasteiger partial charge in [0.2, 0.25) is 11.8 Å². The fraction of sp³-hybridized carbons (Fsp3) is 0.231. The normalized spacial score (nSPS) is 11.8. The Morgan fingerprint density at radius 3 is 2.39 bits per heavy atom. The minimum Gasteiger partial charge on any atom is -0.366 e. The van der Waals surface area contributed by atoms with Crippen molar-refractivity contribution in [3.8, 4) is 11.4 Å². The Morgan fingerprint density at radius 2 is 1.87 bits per heavy atom. The van der Waals surface area contributed by atoms with E-state index in [4.69, 9.17) is 5.73 Å². The van der Waals surface area contributed by atoms with E-state index in [-0.39, 0.29) is 11.8 Å². The molecule has 0 bridgehead atoms. The van der Waals surface area contributed by atoms with Crippen LogP contribution in [0.4, 0.5) is 19.1 Å². The summed E-state index contributed by atoms with van der Waals surface area (Å²) < 4.78 is 43.2. The molecule has 1 aromatic carbocycles. The number of aromatic nitrogens is 5. The number of hydrogen-bond donors (Lipinski definition) is 1. The van der Waals surface area contributed by atoms with Crippen molar-refractivity contribution in [3.05, 3.63) is 41.5 Å². The molecule has 3 aromatic rings. The van der Waals surface area contributed by atoms with Gasteiger partial charge >= 0.3 is 12.1 Å². The highest BCUT2D eigenvalue weighted by Gasteiger charge is 2.38. The molecule has 0 unspecified atom stereocenters. The van der Waals surface area contributed by atoms with Crippen molar-refractivity contribution in [2.24, 2.45) is 0 Å². The molecule has 2 heterocycles. The molecule has 2 N–H and O–H groups in total. The van der Waals surface area contributed by atoms with Crippen LogP contribution in [0.3, 0.4) is 0 Å². The van der Waals surface area contributed by atoms with Gasteiger partial charge in [-0.15, -0.1) is 5.10 Å². The summed E-state index contributed by atoms with van der Waals surface area (Å²) >= 11 is 0. The predicted octanol–water partition coefficient (Wildman–Crippen LogP) is 2.29. The Bertz CT molecular complexity index is 821. The van der Waals surface area contributed by atoms with E-state index < -0.39 is 12.1 Å². The van der Waals surface area contributed by atoms with Gasteiger partial charge in [-0.25, -0.2) is 4.68 Å². The molecule has 0 atom stereocenters. The van der Waals surface area contributed by atoms with Crippen LogP contribution < -0.4 is 5.73 Å². The van der Waals surface area contributed by atoms with Crippen LogP contribution in [0.1, 0.15) is 17.3 Å². The van der Waals surface area contributed by atoms with Crippen molar-refractivity contribution < 1.29 is 17.7 Å². The molecule has 0 aliphatic rings. The van der Waals surface area contributed by atoms with Crippen LogP contribution in [0.25, 0.3) is 11.4 Å². The molecule has 2 aromatic heterocycles. The van der Waals surface area contributed by atoms with Crippen molar-refractivity contribution >= 4 is 5.95 Å². The molecular formula is C13H11F3N6O. The standard InChI is InChI=1S/C13H11F3N6O/c1-7-18-12(17)20-22(7)6-8-2-4-9(5-3-8)10-19-11(23-21-10)13(14,15)16/h2-5H,6H2,1H3,(H2,17,20). The van der Waals surface area contributed by atoms with E-state index in [9.17, 15) is 13.2 Å². The van der Waals surface area contributed by atoms with E-state index in [0.29, 0.717) is 17.9 Å². The maximum atomic E-state index is 12.4. The van der Waals surface area contributed by atoms with Crippen LogP contribution in [0.2, 0.25) is 0 Å². The zero-order valence-electron chi connectivity index (χ0n) is 11.9. The summed E-state index contributed by atoms with van der Waals surface area (Å²) in [6, 6.07) is 6.68. The first-order chi connectivity index (χ1) is 10.8. The van der Waals surface area contributed by atoms with E-state index in [0.717, 1.165) is 5.56 Å². The number of alkyl halides is 3. The third-order valence-electron chi connectivity index (χ3n) is 3.09. The summed E-state index contributed by atoms with van der Waals surface area (Å²) in [5, 5.41) is 7.37. The van der Waals surface area contributed by atoms with Gasteiger partial charge < -0.3 is 10.3 Å². The minimum absolute atomic E-state index is 0.120. The Balaban J connectivity index is 1.79. The number of anilines is 1. The number of benzene rings is 1. The number of halogens is 3. The van der Waals surface area contributed by atoms with Gasteiger partial charge in [0, 0.05) is 5.56 Å². The van der Waals surface area contributed by atoms with Gasteiger partial charge in [0.15, 0.2) is 0 Å². The van der Waals surface area contributed by atoms with Crippen LogP contribution >= 0.6 is 0 Å². The van der Waals surface area contributed by atoms with E-state index in [1.807, 2.05) is 0 Å². The van der Waals surface area contributed by atoms with E-state index in [1.54, 1.807) is 35.9 Å². The summed E-state index contributed by atoms with van der Waals surface area (Å²) in [6.45, 7) is 2.21. The predicted molar refractivity (Wildman–Crippen MR) is 73.0 cm³/mol. The lowest BCUT2D eigenvalue weighted by Crippen LogP contribution is -2.05. The minimum atomic E-state index is -4.66. The summed E-state index contributed by atoms with van der Waals surface area (Å²) in [6.07, 6.45) is -4.66.